The first kappa shape index (κ1) is 16.2. The van der Waals surface area contributed by atoms with Crippen LogP contribution in [0.4, 0.5) is 0 Å². The van der Waals surface area contributed by atoms with Crippen LogP contribution in [0, 0.1) is 0 Å². The molecule has 2 N–H and O–H groups in total. The van der Waals surface area contributed by atoms with Crippen molar-refractivity contribution in [1.29, 1.82) is 0 Å². The lowest BCUT2D eigenvalue weighted by Gasteiger charge is -2.29. The summed E-state index contributed by atoms with van der Waals surface area (Å²) in [4.78, 5) is 27.8. The van der Waals surface area contributed by atoms with E-state index < -0.39 is 0 Å². The third-order valence-electron chi connectivity index (χ3n) is 4.15. The van der Waals surface area contributed by atoms with Crippen LogP contribution in [-0.2, 0) is 9.59 Å². The molecule has 1 aliphatic carbocycles. The van der Waals surface area contributed by atoms with Gasteiger partial charge in [0.15, 0.2) is 0 Å². The molecule has 1 saturated heterocycles. The smallest absolute Gasteiger partial charge is 0.239 e. The number of carbonyl (C=O) groups is 2. The molecule has 120 valence electrons. The van der Waals surface area contributed by atoms with Crippen molar-refractivity contribution in [3.8, 4) is 0 Å². The molecule has 1 unspecified atom stereocenters. The van der Waals surface area contributed by atoms with E-state index in [1.54, 1.807) is 11.9 Å². The second-order valence-electron chi connectivity index (χ2n) is 6.21. The second-order valence-corrected chi connectivity index (χ2v) is 6.21. The van der Waals surface area contributed by atoms with Crippen LogP contribution in [0.5, 0.6) is 0 Å². The summed E-state index contributed by atoms with van der Waals surface area (Å²) >= 11 is 0. The molecule has 2 fully saturated rings. The normalized spacial score (nSPS) is 21.6. The zero-order chi connectivity index (χ0) is 15.2. The van der Waals surface area contributed by atoms with E-state index in [2.05, 4.69) is 22.5 Å². The van der Waals surface area contributed by atoms with Gasteiger partial charge in [0.05, 0.1) is 13.1 Å². The highest BCUT2D eigenvalue weighted by molar-refractivity contribution is 5.85. The Hall–Kier alpha value is -1.14. The predicted octanol–water partition coefficient (Wildman–Crippen LogP) is -0.203. The Bertz CT molecular complexity index is 365. The van der Waals surface area contributed by atoms with Crippen molar-refractivity contribution in [2.45, 2.75) is 44.7 Å². The Morgan fingerprint density at radius 1 is 1.24 bits per heavy atom. The first-order valence-corrected chi connectivity index (χ1v) is 8.08. The maximum Gasteiger partial charge on any atom is 0.239 e. The van der Waals surface area contributed by atoms with Crippen molar-refractivity contribution in [2.75, 3.05) is 39.8 Å². The van der Waals surface area contributed by atoms with Gasteiger partial charge in [-0.05, 0) is 38.8 Å². The minimum atomic E-state index is -0.0436. The van der Waals surface area contributed by atoms with Crippen molar-refractivity contribution in [3.63, 3.8) is 0 Å². The molecule has 6 nitrogen and oxygen atoms in total. The van der Waals surface area contributed by atoms with E-state index in [0.29, 0.717) is 18.6 Å². The van der Waals surface area contributed by atoms with Gasteiger partial charge in [-0.15, -0.1) is 0 Å². The highest BCUT2D eigenvalue weighted by Crippen LogP contribution is 2.18. The van der Waals surface area contributed by atoms with Crippen LogP contribution in [0.2, 0.25) is 0 Å². The molecule has 0 aromatic heterocycles. The number of hydrogen-bond acceptors (Lipinski definition) is 4. The van der Waals surface area contributed by atoms with Crippen molar-refractivity contribution in [2.24, 2.45) is 0 Å². The molecule has 0 radical (unpaired) electrons. The first-order chi connectivity index (χ1) is 10.1. The average molecular weight is 296 g/mol. The number of rotatable bonds is 8. The quantitative estimate of drug-likeness (QED) is 0.651. The largest absolute Gasteiger partial charge is 0.352 e. The maximum atomic E-state index is 12.3. The van der Waals surface area contributed by atoms with E-state index in [1.807, 2.05) is 0 Å². The Labute approximate surface area is 127 Å². The number of likely N-dealkylation sites (N-methyl/N-ethyl adjacent to an activating group) is 1. The number of nitrogens with one attached hydrogen (secondary N) is 2. The van der Waals surface area contributed by atoms with E-state index in [1.165, 1.54) is 0 Å². The fraction of sp³-hybridized carbons (Fsp3) is 0.867. The van der Waals surface area contributed by atoms with Crippen LogP contribution in [0.15, 0.2) is 0 Å². The molecule has 1 saturated carbocycles. The molecule has 2 rings (SSSR count). The lowest BCUT2D eigenvalue weighted by Crippen LogP contribution is -2.47. The summed E-state index contributed by atoms with van der Waals surface area (Å²) in [5, 5.41) is 6.26. The fourth-order valence-electron chi connectivity index (χ4n) is 2.73. The van der Waals surface area contributed by atoms with Crippen LogP contribution >= 0.6 is 0 Å². The Morgan fingerprint density at radius 3 is 2.57 bits per heavy atom. The third kappa shape index (κ3) is 5.28. The fourth-order valence-corrected chi connectivity index (χ4v) is 2.73. The zero-order valence-corrected chi connectivity index (χ0v) is 13.2. The van der Waals surface area contributed by atoms with Crippen LogP contribution in [-0.4, -0.2) is 73.5 Å². The minimum absolute atomic E-state index is 0.0290. The minimum Gasteiger partial charge on any atom is -0.352 e. The first-order valence-electron chi connectivity index (χ1n) is 8.08. The van der Waals surface area contributed by atoms with Crippen molar-refractivity contribution < 1.29 is 9.59 Å². The summed E-state index contributed by atoms with van der Waals surface area (Å²) in [6.07, 6.45) is 4.28. The molecule has 1 atom stereocenters. The highest BCUT2D eigenvalue weighted by atomic mass is 16.2. The van der Waals surface area contributed by atoms with Crippen molar-refractivity contribution in [3.05, 3.63) is 0 Å². The SMILES string of the molecule is CCCN(CC(=O)N(C)CC(=O)NC1CC1)C1CCNC1. The monoisotopic (exact) mass is 296 g/mol. The summed E-state index contributed by atoms with van der Waals surface area (Å²) in [5.74, 6) is -0.0146. The molecule has 0 aromatic carbocycles. The van der Waals surface area contributed by atoms with E-state index >= 15 is 0 Å². The second kappa shape index (κ2) is 7.75. The summed E-state index contributed by atoms with van der Waals surface area (Å²) in [6, 6.07) is 0.796. The maximum absolute atomic E-state index is 12.3. The molecule has 6 heteroatoms. The number of nitrogens with zero attached hydrogens (tertiary/aromatic N) is 2. The molecular weight excluding hydrogens is 268 g/mol. The molecule has 0 aromatic rings. The van der Waals surface area contributed by atoms with Gasteiger partial charge in [0.25, 0.3) is 0 Å². The van der Waals surface area contributed by atoms with Crippen molar-refractivity contribution in [1.82, 2.24) is 20.4 Å². The Balaban J connectivity index is 1.77. The topological polar surface area (TPSA) is 64.7 Å². The standard InChI is InChI=1S/C15H28N4O2/c1-3-8-19(13-6-7-16-9-13)11-15(21)18(2)10-14(20)17-12-4-5-12/h12-13,16H,3-11H2,1-2H3,(H,17,20). The Morgan fingerprint density at radius 2 is 2.00 bits per heavy atom. The van der Waals surface area contributed by atoms with Gasteiger partial charge in [-0.25, -0.2) is 0 Å². The van der Waals surface area contributed by atoms with Crippen LogP contribution in [0.3, 0.4) is 0 Å². The predicted molar refractivity (Wildman–Crippen MR) is 81.9 cm³/mol. The molecule has 0 bridgehead atoms. The summed E-state index contributed by atoms with van der Waals surface area (Å²) in [5.41, 5.74) is 0. The van der Waals surface area contributed by atoms with Gasteiger partial charge in [-0.1, -0.05) is 6.92 Å². The van der Waals surface area contributed by atoms with Gasteiger partial charge >= 0.3 is 0 Å². The van der Waals surface area contributed by atoms with Gasteiger partial charge in [0.2, 0.25) is 11.8 Å². The number of amides is 2. The molecular formula is C15H28N4O2. The number of carbonyl (C=O) groups excluding carboxylic acids is 2. The van der Waals surface area contributed by atoms with Gasteiger partial charge in [0, 0.05) is 25.7 Å². The number of hydrogen-bond donors (Lipinski definition) is 2. The molecule has 2 amide bonds. The molecule has 1 aliphatic heterocycles. The molecule has 2 aliphatic rings. The van der Waals surface area contributed by atoms with Gasteiger partial charge < -0.3 is 15.5 Å². The van der Waals surface area contributed by atoms with Gasteiger partial charge in [-0.3, -0.25) is 14.5 Å². The lowest BCUT2D eigenvalue weighted by atomic mass is 10.2. The molecule has 21 heavy (non-hydrogen) atoms. The zero-order valence-electron chi connectivity index (χ0n) is 13.2. The van der Waals surface area contributed by atoms with E-state index in [4.69, 9.17) is 0 Å². The van der Waals surface area contributed by atoms with Crippen LogP contribution in [0.1, 0.15) is 32.6 Å². The van der Waals surface area contributed by atoms with E-state index in [0.717, 1.165) is 45.3 Å². The van der Waals surface area contributed by atoms with E-state index in [9.17, 15) is 9.59 Å². The van der Waals surface area contributed by atoms with Crippen LogP contribution < -0.4 is 10.6 Å². The highest BCUT2D eigenvalue weighted by Gasteiger charge is 2.26. The summed E-state index contributed by atoms with van der Waals surface area (Å²) < 4.78 is 0. The van der Waals surface area contributed by atoms with Gasteiger partial charge in [0.1, 0.15) is 0 Å². The third-order valence-corrected chi connectivity index (χ3v) is 4.15. The average Bonchev–Trinajstić information content (AvgIpc) is 3.07. The summed E-state index contributed by atoms with van der Waals surface area (Å²) in [7, 11) is 1.71. The lowest BCUT2D eigenvalue weighted by molar-refractivity contribution is -0.136. The Kier molecular flexibility index (Phi) is 5.99. The van der Waals surface area contributed by atoms with Crippen molar-refractivity contribution >= 4 is 11.8 Å². The van der Waals surface area contributed by atoms with E-state index in [-0.39, 0.29) is 18.4 Å². The van der Waals surface area contributed by atoms with Crippen LogP contribution in [0.25, 0.3) is 0 Å². The summed E-state index contributed by atoms with van der Waals surface area (Å²) in [6.45, 7) is 5.62. The molecule has 1 heterocycles. The van der Waals surface area contributed by atoms with Gasteiger partial charge in [-0.2, -0.15) is 0 Å². The molecule has 0 spiro atoms.